The number of fused-ring (bicyclic) bond motifs is 1. The van der Waals surface area contributed by atoms with Crippen LogP contribution in [0.5, 0.6) is 0 Å². The highest BCUT2D eigenvalue weighted by molar-refractivity contribution is 7.99. The molecule has 144 valence electrons. The number of thioether (sulfide) groups is 1. The van der Waals surface area contributed by atoms with E-state index in [0.717, 1.165) is 42.0 Å². The van der Waals surface area contributed by atoms with Crippen molar-refractivity contribution in [2.24, 2.45) is 0 Å². The van der Waals surface area contributed by atoms with E-state index in [0.29, 0.717) is 5.75 Å². The molecule has 7 heteroatoms. The summed E-state index contributed by atoms with van der Waals surface area (Å²) in [5.41, 5.74) is 4.42. The average molecular weight is 394 g/mol. The van der Waals surface area contributed by atoms with Crippen molar-refractivity contribution in [1.82, 2.24) is 14.8 Å². The van der Waals surface area contributed by atoms with E-state index in [-0.39, 0.29) is 5.91 Å². The molecule has 0 aliphatic carbocycles. The lowest BCUT2D eigenvalue weighted by Gasteiger charge is -2.15. The number of carbonyl (C=O) groups is 1. The number of amides is 1. The molecular formula is C21H23N5OS. The molecule has 2 heterocycles. The Kier molecular flexibility index (Phi) is 5.34. The summed E-state index contributed by atoms with van der Waals surface area (Å²) in [4.78, 5) is 14.4. The molecule has 1 aliphatic rings. The van der Waals surface area contributed by atoms with Crippen LogP contribution in [0.25, 0.3) is 0 Å². The van der Waals surface area contributed by atoms with E-state index in [1.807, 2.05) is 24.3 Å². The van der Waals surface area contributed by atoms with Gasteiger partial charge < -0.3 is 10.2 Å². The van der Waals surface area contributed by atoms with Gasteiger partial charge in [-0.1, -0.05) is 48.5 Å². The highest BCUT2D eigenvalue weighted by Crippen LogP contribution is 2.32. The Hall–Kier alpha value is -2.80. The van der Waals surface area contributed by atoms with Crippen LogP contribution in [-0.4, -0.2) is 33.0 Å². The second kappa shape index (κ2) is 8.06. The van der Waals surface area contributed by atoms with E-state index in [9.17, 15) is 4.79 Å². The molecule has 1 N–H and O–H groups in total. The van der Waals surface area contributed by atoms with Gasteiger partial charge in [0.25, 0.3) is 0 Å². The van der Waals surface area contributed by atoms with E-state index in [1.54, 1.807) is 0 Å². The zero-order valence-electron chi connectivity index (χ0n) is 16.1. The molecular weight excluding hydrogens is 370 g/mol. The van der Waals surface area contributed by atoms with E-state index < -0.39 is 0 Å². The number of nitrogens with one attached hydrogen (secondary N) is 1. The molecule has 3 aromatic rings. The first-order valence-electron chi connectivity index (χ1n) is 9.43. The fraction of sp³-hybridized carbons (Fsp3) is 0.286. The van der Waals surface area contributed by atoms with Crippen molar-refractivity contribution >= 4 is 35.0 Å². The summed E-state index contributed by atoms with van der Waals surface area (Å²) in [5.74, 6) is 1.10. The van der Waals surface area contributed by atoms with Gasteiger partial charge in [-0.15, -0.1) is 10.2 Å². The van der Waals surface area contributed by atoms with Crippen molar-refractivity contribution in [1.29, 1.82) is 0 Å². The topological polar surface area (TPSA) is 63.1 Å². The Morgan fingerprint density at radius 3 is 2.54 bits per heavy atom. The van der Waals surface area contributed by atoms with Crippen LogP contribution in [0.3, 0.4) is 0 Å². The predicted octanol–water partition coefficient (Wildman–Crippen LogP) is 4.03. The third kappa shape index (κ3) is 3.89. The third-order valence-electron chi connectivity index (χ3n) is 4.81. The van der Waals surface area contributed by atoms with Crippen LogP contribution < -0.4 is 10.2 Å². The zero-order chi connectivity index (χ0) is 19.5. The summed E-state index contributed by atoms with van der Waals surface area (Å²) in [7, 11) is 0. The van der Waals surface area contributed by atoms with Crippen LogP contribution in [-0.2, 0) is 17.8 Å². The quantitative estimate of drug-likeness (QED) is 0.641. The summed E-state index contributed by atoms with van der Waals surface area (Å²) in [6, 6.07) is 16.4. The fourth-order valence-electron chi connectivity index (χ4n) is 3.20. The van der Waals surface area contributed by atoms with Crippen molar-refractivity contribution in [3.63, 3.8) is 0 Å². The van der Waals surface area contributed by atoms with E-state index in [4.69, 9.17) is 0 Å². The van der Waals surface area contributed by atoms with Crippen LogP contribution in [0.2, 0.25) is 0 Å². The smallest absolute Gasteiger partial charge is 0.234 e. The van der Waals surface area contributed by atoms with Gasteiger partial charge in [0.2, 0.25) is 11.9 Å². The molecule has 2 aromatic carbocycles. The lowest BCUT2D eigenvalue weighted by molar-refractivity contribution is -0.113. The maximum Gasteiger partial charge on any atom is 0.234 e. The van der Waals surface area contributed by atoms with Crippen molar-refractivity contribution in [3.05, 3.63) is 59.7 Å². The van der Waals surface area contributed by atoms with Crippen molar-refractivity contribution in [3.8, 4) is 0 Å². The second-order valence-corrected chi connectivity index (χ2v) is 7.75. The summed E-state index contributed by atoms with van der Waals surface area (Å²) >= 11 is 1.42. The Morgan fingerprint density at radius 1 is 1.07 bits per heavy atom. The lowest BCUT2D eigenvalue weighted by Crippen LogP contribution is -2.14. The van der Waals surface area contributed by atoms with Crippen LogP contribution >= 0.6 is 11.8 Å². The molecule has 0 spiro atoms. The Labute approximate surface area is 169 Å². The van der Waals surface area contributed by atoms with E-state index in [1.165, 1.54) is 22.9 Å². The first kappa shape index (κ1) is 18.6. The Morgan fingerprint density at radius 2 is 1.82 bits per heavy atom. The number of rotatable bonds is 6. The highest BCUT2D eigenvalue weighted by Gasteiger charge is 2.26. The number of benzene rings is 2. The number of aromatic nitrogens is 3. The molecule has 4 rings (SSSR count). The van der Waals surface area contributed by atoms with E-state index in [2.05, 4.69) is 63.1 Å². The number of hydrogen-bond donors (Lipinski definition) is 1. The number of hydrogen-bond acceptors (Lipinski definition) is 5. The van der Waals surface area contributed by atoms with Gasteiger partial charge in [-0.05, 0) is 43.2 Å². The van der Waals surface area contributed by atoms with Crippen molar-refractivity contribution in [2.75, 3.05) is 22.5 Å². The maximum absolute atomic E-state index is 12.3. The molecule has 1 aliphatic heterocycles. The average Bonchev–Trinajstić information content (AvgIpc) is 3.30. The van der Waals surface area contributed by atoms with Crippen molar-refractivity contribution in [2.45, 2.75) is 32.0 Å². The van der Waals surface area contributed by atoms with Gasteiger partial charge in [-0.2, -0.15) is 0 Å². The van der Waals surface area contributed by atoms with Gasteiger partial charge in [0.15, 0.2) is 5.16 Å². The van der Waals surface area contributed by atoms with E-state index >= 15 is 0 Å². The molecule has 0 radical (unpaired) electrons. The molecule has 1 aromatic heterocycles. The molecule has 1 amide bonds. The largest absolute Gasteiger partial charge is 0.325 e. The van der Waals surface area contributed by atoms with Gasteiger partial charge in [0.1, 0.15) is 0 Å². The number of aryl methyl sites for hydroxylation is 2. The lowest BCUT2D eigenvalue weighted by atomic mass is 10.1. The summed E-state index contributed by atoms with van der Waals surface area (Å²) in [6.45, 7) is 5.87. The summed E-state index contributed by atoms with van der Waals surface area (Å²) in [5, 5.41) is 12.3. The minimum absolute atomic E-state index is 0.0417. The van der Waals surface area contributed by atoms with Crippen LogP contribution in [0.15, 0.2) is 53.7 Å². The molecule has 0 saturated heterocycles. The Balaban J connectivity index is 1.38. The number of carbonyl (C=O) groups excluding carboxylic acids is 1. The number of nitrogens with zero attached hydrogens (tertiary/aromatic N) is 4. The number of anilines is 3. The van der Waals surface area contributed by atoms with Gasteiger partial charge >= 0.3 is 0 Å². The first-order valence-corrected chi connectivity index (χ1v) is 10.4. The van der Waals surface area contributed by atoms with Gasteiger partial charge in [-0.25, -0.2) is 0 Å². The van der Waals surface area contributed by atoms with Gasteiger partial charge in [-0.3, -0.25) is 9.36 Å². The zero-order valence-corrected chi connectivity index (χ0v) is 16.9. The summed E-state index contributed by atoms with van der Waals surface area (Å²) in [6.07, 6.45) is 0.988. The molecule has 0 unspecified atom stereocenters. The predicted molar refractivity (Wildman–Crippen MR) is 113 cm³/mol. The van der Waals surface area contributed by atoms with Crippen LogP contribution in [0.4, 0.5) is 17.3 Å². The molecule has 0 atom stereocenters. The highest BCUT2D eigenvalue weighted by atomic mass is 32.2. The molecule has 0 fully saturated rings. The SMILES string of the molecule is CCc1ccc(NC(=O)CSc2nnc3n2CCN3c2ccc(C)cc2)cc1. The van der Waals surface area contributed by atoms with Crippen molar-refractivity contribution < 1.29 is 4.79 Å². The maximum atomic E-state index is 12.3. The normalized spacial score (nSPS) is 12.9. The minimum Gasteiger partial charge on any atom is -0.325 e. The first-order chi connectivity index (χ1) is 13.6. The standard InChI is InChI=1S/C21H23N5OS/c1-3-16-6-8-17(9-7-16)22-19(27)14-28-21-24-23-20-25(12-13-26(20)21)18-10-4-15(2)5-11-18/h4-11H,3,12-14H2,1-2H3,(H,22,27). The summed E-state index contributed by atoms with van der Waals surface area (Å²) < 4.78 is 2.08. The molecule has 0 bridgehead atoms. The molecule has 28 heavy (non-hydrogen) atoms. The van der Waals surface area contributed by atoms with Crippen LogP contribution in [0, 0.1) is 6.92 Å². The van der Waals surface area contributed by atoms with Gasteiger partial charge in [0.05, 0.1) is 5.75 Å². The van der Waals surface area contributed by atoms with Gasteiger partial charge in [0, 0.05) is 24.5 Å². The third-order valence-corrected chi connectivity index (χ3v) is 5.78. The monoisotopic (exact) mass is 393 g/mol. The van der Waals surface area contributed by atoms with Crippen LogP contribution in [0.1, 0.15) is 18.1 Å². The molecule has 6 nitrogen and oxygen atoms in total. The molecule has 0 saturated carbocycles. The minimum atomic E-state index is -0.0417. The Bertz CT molecular complexity index is 965. The second-order valence-electron chi connectivity index (χ2n) is 6.81. The fourth-order valence-corrected chi connectivity index (χ4v) is 3.96.